The monoisotopic (exact) mass is 344 g/mol. The van der Waals surface area contributed by atoms with Crippen LogP contribution in [0.4, 0.5) is 0 Å². The highest BCUT2D eigenvalue weighted by Gasteiger charge is 2.42. The number of fused-ring (bicyclic) bond motifs is 1. The molecule has 0 atom stereocenters. The fraction of sp³-hybridized carbons (Fsp3) is 0.526. The second-order valence-electron chi connectivity index (χ2n) is 6.84. The van der Waals surface area contributed by atoms with Crippen LogP contribution in [0.1, 0.15) is 24.8 Å². The average Bonchev–Trinajstić information content (AvgIpc) is 3.08. The van der Waals surface area contributed by atoms with Crippen LogP contribution in [0.25, 0.3) is 6.08 Å². The highest BCUT2D eigenvalue weighted by atomic mass is 16.7. The molecule has 6 nitrogen and oxygen atoms in total. The molecular weight excluding hydrogens is 320 g/mol. The van der Waals surface area contributed by atoms with Gasteiger partial charge in [-0.2, -0.15) is 0 Å². The summed E-state index contributed by atoms with van der Waals surface area (Å²) in [6.07, 6.45) is 6.93. The molecule has 1 saturated heterocycles. The lowest BCUT2D eigenvalue weighted by atomic mass is 9.75. The molecule has 0 aromatic heterocycles. The Morgan fingerprint density at radius 1 is 1.20 bits per heavy atom. The molecule has 1 aromatic rings. The molecule has 25 heavy (non-hydrogen) atoms. The predicted molar refractivity (Wildman–Crippen MR) is 93.6 cm³/mol. The zero-order chi connectivity index (χ0) is 17.1. The summed E-state index contributed by atoms with van der Waals surface area (Å²) in [6, 6.07) is 5.66. The third kappa shape index (κ3) is 3.50. The van der Waals surface area contributed by atoms with Gasteiger partial charge in [0.25, 0.3) is 0 Å². The molecule has 0 unspecified atom stereocenters. The zero-order valence-corrected chi connectivity index (χ0v) is 14.3. The maximum atomic E-state index is 12.2. The van der Waals surface area contributed by atoms with Crippen LogP contribution in [0.3, 0.4) is 0 Å². The van der Waals surface area contributed by atoms with E-state index in [-0.39, 0.29) is 18.2 Å². The van der Waals surface area contributed by atoms with Gasteiger partial charge in [0.2, 0.25) is 12.7 Å². The van der Waals surface area contributed by atoms with E-state index >= 15 is 0 Å². The quantitative estimate of drug-likeness (QED) is 0.826. The molecule has 4 rings (SSSR count). The highest BCUT2D eigenvalue weighted by Crippen LogP contribution is 2.37. The lowest BCUT2D eigenvalue weighted by molar-refractivity contribution is -0.118. The maximum Gasteiger partial charge on any atom is 0.244 e. The van der Waals surface area contributed by atoms with E-state index in [2.05, 4.69) is 10.2 Å². The summed E-state index contributed by atoms with van der Waals surface area (Å²) in [4.78, 5) is 14.7. The van der Waals surface area contributed by atoms with Crippen molar-refractivity contribution in [3.05, 3.63) is 29.8 Å². The average molecular weight is 344 g/mol. The van der Waals surface area contributed by atoms with Crippen LogP contribution in [0.5, 0.6) is 11.5 Å². The summed E-state index contributed by atoms with van der Waals surface area (Å²) in [6.45, 7) is 4.47. The van der Waals surface area contributed by atoms with E-state index < -0.39 is 0 Å². The van der Waals surface area contributed by atoms with Crippen molar-refractivity contribution in [2.24, 2.45) is 0 Å². The van der Waals surface area contributed by atoms with Gasteiger partial charge in [-0.05, 0) is 43.0 Å². The first-order valence-electron chi connectivity index (χ1n) is 8.94. The molecule has 2 fully saturated rings. The van der Waals surface area contributed by atoms with Gasteiger partial charge < -0.3 is 19.5 Å². The van der Waals surface area contributed by atoms with Gasteiger partial charge in [0.15, 0.2) is 11.5 Å². The van der Waals surface area contributed by atoms with Crippen LogP contribution in [-0.2, 0) is 9.53 Å². The highest BCUT2D eigenvalue weighted by molar-refractivity contribution is 5.91. The van der Waals surface area contributed by atoms with E-state index in [4.69, 9.17) is 14.2 Å². The van der Waals surface area contributed by atoms with E-state index in [0.29, 0.717) is 6.54 Å². The first-order valence-corrected chi connectivity index (χ1v) is 8.94. The number of hydrogen-bond donors (Lipinski definition) is 1. The second kappa shape index (κ2) is 7.06. The molecule has 2 heterocycles. The van der Waals surface area contributed by atoms with Crippen LogP contribution in [0.15, 0.2) is 24.3 Å². The van der Waals surface area contributed by atoms with E-state index in [1.54, 1.807) is 12.2 Å². The lowest BCUT2D eigenvalue weighted by Crippen LogP contribution is -2.62. The molecular formula is C19H24N2O4. The molecule has 0 radical (unpaired) electrons. The molecule has 1 saturated carbocycles. The molecule has 1 amide bonds. The number of benzene rings is 1. The maximum absolute atomic E-state index is 12.2. The van der Waals surface area contributed by atoms with Gasteiger partial charge in [0.1, 0.15) is 0 Å². The normalized spacial score (nSPS) is 21.9. The number of carbonyl (C=O) groups excluding carboxylic acids is 1. The minimum atomic E-state index is -0.0581. The van der Waals surface area contributed by atoms with Crippen LogP contribution in [0, 0.1) is 0 Å². The van der Waals surface area contributed by atoms with Gasteiger partial charge in [-0.25, -0.2) is 0 Å². The first-order chi connectivity index (χ1) is 12.3. The van der Waals surface area contributed by atoms with Crippen molar-refractivity contribution in [2.45, 2.75) is 24.8 Å². The van der Waals surface area contributed by atoms with Gasteiger partial charge in [-0.3, -0.25) is 9.69 Å². The summed E-state index contributed by atoms with van der Waals surface area (Å²) in [5.41, 5.74) is 1.05. The molecule has 134 valence electrons. The number of nitrogens with zero attached hydrogens (tertiary/aromatic N) is 1. The van der Waals surface area contributed by atoms with E-state index in [1.165, 1.54) is 6.42 Å². The van der Waals surface area contributed by atoms with Gasteiger partial charge in [0.05, 0.1) is 13.2 Å². The zero-order valence-electron chi connectivity index (χ0n) is 14.3. The first kappa shape index (κ1) is 16.4. The Balaban J connectivity index is 1.32. The summed E-state index contributed by atoms with van der Waals surface area (Å²) in [5, 5.41) is 3.08. The number of amides is 1. The summed E-state index contributed by atoms with van der Waals surface area (Å²) in [5.74, 6) is 1.42. The molecule has 1 aromatic carbocycles. The number of nitrogens with one attached hydrogen (secondary N) is 1. The molecule has 1 aliphatic carbocycles. The molecule has 0 spiro atoms. The summed E-state index contributed by atoms with van der Waals surface area (Å²) in [7, 11) is 0. The van der Waals surface area contributed by atoms with Crippen LogP contribution >= 0.6 is 0 Å². The smallest absolute Gasteiger partial charge is 0.244 e. The Kier molecular flexibility index (Phi) is 4.63. The van der Waals surface area contributed by atoms with Crippen molar-refractivity contribution in [2.75, 3.05) is 39.6 Å². The lowest BCUT2D eigenvalue weighted by Gasteiger charge is -2.51. The number of morpholine rings is 1. The van der Waals surface area contributed by atoms with Crippen molar-refractivity contribution in [1.29, 1.82) is 0 Å². The van der Waals surface area contributed by atoms with Crippen LogP contribution in [0.2, 0.25) is 0 Å². The van der Waals surface area contributed by atoms with Crippen molar-refractivity contribution in [3.8, 4) is 11.5 Å². The molecule has 1 N–H and O–H groups in total. The number of ether oxygens (including phenoxy) is 3. The molecule has 0 bridgehead atoms. The Labute approximate surface area is 147 Å². The summed E-state index contributed by atoms with van der Waals surface area (Å²) >= 11 is 0. The number of carbonyl (C=O) groups is 1. The fourth-order valence-electron chi connectivity index (χ4n) is 3.73. The third-order valence-electron chi connectivity index (χ3n) is 5.38. The number of rotatable bonds is 5. The molecule has 2 aliphatic heterocycles. The minimum absolute atomic E-state index is 0.0581. The van der Waals surface area contributed by atoms with Gasteiger partial charge >= 0.3 is 0 Å². The Morgan fingerprint density at radius 3 is 2.76 bits per heavy atom. The van der Waals surface area contributed by atoms with Crippen LogP contribution in [-0.4, -0.2) is 56.0 Å². The van der Waals surface area contributed by atoms with Gasteiger partial charge in [0, 0.05) is 31.2 Å². The second-order valence-corrected chi connectivity index (χ2v) is 6.84. The Morgan fingerprint density at radius 2 is 2.00 bits per heavy atom. The Bertz CT molecular complexity index is 663. The van der Waals surface area contributed by atoms with Crippen molar-refractivity contribution in [3.63, 3.8) is 0 Å². The number of hydrogen-bond acceptors (Lipinski definition) is 5. The van der Waals surface area contributed by atoms with E-state index in [1.807, 2.05) is 18.2 Å². The van der Waals surface area contributed by atoms with Gasteiger partial charge in [-0.15, -0.1) is 0 Å². The SMILES string of the molecule is O=C(C=Cc1ccc2c(c1)OCO2)NCC1(N2CCOCC2)CCC1. The predicted octanol–water partition coefficient (Wildman–Crippen LogP) is 1.80. The van der Waals surface area contributed by atoms with Gasteiger partial charge in [-0.1, -0.05) is 6.07 Å². The topological polar surface area (TPSA) is 60.0 Å². The van der Waals surface area contributed by atoms with E-state index in [0.717, 1.165) is 56.2 Å². The minimum Gasteiger partial charge on any atom is -0.454 e. The largest absolute Gasteiger partial charge is 0.454 e. The standard InChI is InChI=1S/C19H24N2O4/c22-18(5-3-15-2-4-16-17(12-15)25-14-24-16)20-13-19(6-1-7-19)21-8-10-23-11-9-21/h2-5,12H,1,6-11,13-14H2,(H,20,22). The molecule has 3 aliphatic rings. The Hall–Kier alpha value is -2.05. The molecule has 6 heteroatoms. The van der Waals surface area contributed by atoms with Crippen molar-refractivity contribution >= 4 is 12.0 Å². The summed E-state index contributed by atoms with van der Waals surface area (Å²) < 4.78 is 16.1. The van der Waals surface area contributed by atoms with Crippen LogP contribution < -0.4 is 14.8 Å². The third-order valence-corrected chi connectivity index (χ3v) is 5.38. The van der Waals surface area contributed by atoms with Crippen molar-refractivity contribution < 1.29 is 19.0 Å². The fourth-order valence-corrected chi connectivity index (χ4v) is 3.73. The van der Waals surface area contributed by atoms with Crippen molar-refractivity contribution in [1.82, 2.24) is 10.2 Å². The van der Waals surface area contributed by atoms with E-state index in [9.17, 15) is 4.79 Å².